The van der Waals surface area contributed by atoms with Crippen molar-refractivity contribution in [3.63, 3.8) is 0 Å². The van der Waals surface area contributed by atoms with Gasteiger partial charge in [-0.05, 0) is 6.92 Å². The lowest BCUT2D eigenvalue weighted by molar-refractivity contribution is -0.383. The van der Waals surface area contributed by atoms with Gasteiger partial charge < -0.3 is 4.98 Å². The van der Waals surface area contributed by atoms with Crippen molar-refractivity contribution in [2.75, 3.05) is 0 Å². The number of nitrogens with zero attached hydrogens (tertiary/aromatic N) is 1. The molecule has 1 N–H and O–H groups in total. The van der Waals surface area contributed by atoms with Crippen LogP contribution in [-0.2, 0) is 0 Å². The summed E-state index contributed by atoms with van der Waals surface area (Å²) in [7, 11) is 0. The van der Waals surface area contributed by atoms with E-state index in [1.54, 1.807) is 24.3 Å². The van der Waals surface area contributed by atoms with Crippen LogP contribution in [0.5, 0.6) is 0 Å². The number of non-ortho nitro benzene ring substituents is 1. The van der Waals surface area contributed by atoms with Gasteiger partial charge in [0.05, 0.1) is 4.92 Å². The van der Waals surface area contributed by atoms with E-state index in [9.17, 15) is 14.9 Å². The summed E-state index contributed by atoms with van der Waals surface area (Å²) < 4.78 is 0. The average Bonchev–Trinajstić information content (AvgIpc) is 2.90. The van der Waals surface area contributed by atoms with E-state index < -0.39 is 4.92 Å². The van der Waals surface area contributed by atoms with E-state index in [0.29, 0.717) is 22.0 Å². The second-order valence-corrected chi connectivity index (χ2v) is 4.85. The van der Waals surface area contributed by atoms with Gasteiger partial charge in [-0.2, -0.15) is 0 Å². The number of aromatic amines is 1. The Morgan fingerprint density at radius 1 is 1.14 bits per heavy atom. The number of benzene rings is 2. The third kappa shape index (κ3) is 2.18. The molecule has 0 radical (unpaired) electrons. The van der Waals surface area contributed by atoms with Gasteiger partial charge >= 0.3 is 0 Å². The Bertz CT molecular complexity index is 848. The second-order valence-electron chi connectivity index (χ2n) is 4.85. The SMILES string of the molecule is Cc1ccc(C(=O)c2c[nH]c3c([N+](=O)[O-])cccc23)cc1. The first-order chi connectivity index (χ1) is 10.1. The van der Waals surface area contributed by atoms with Crippen molar-refractivity contribution in [3.05, 3.63) is 75.5 Å². The lowest BCUT2D eigenvalue weighted by Crippen LogP contribution is -2.00. The zero-order valence-corrected chi connectivity index (χ0v) is 11.3. The molecule has 0 aliphatic carbocycles. The first-order valence-electron chi connectivity index (χ1n) is 6.44. The van der Waals surface area contributed by atoms with Crippen molar-refractivity contribution in [1.29, 1.82) is 0 Å². The zero-order valence-electron chi connectivity index (χ0n) is 11.3. The molecule has 3 rings (SSSR count). The molecule has 1 heterocycles. The van der Waals surface area contributed by atoms with Crippen molar-refractivity contribution >= 4 is 22.4 Å². The van der Waals surface area contributed by atoms with E-state index in [4.69, 9.17) is 0 Å². The molecule has 0 aliphatic rings. The molecule has 5 nitrogen and oxygen atoms in total. The Morgan fingerprint density at radius 2 is 1.86 bits per heavy atom. The normalized spacial score (nSPS) is 10.7. The highest BCUT2D eigenvalue weighted by Gasteiger charge is 2.19. The monoisotopic (exact) mass is 280 g/mol. The van der Waals surface area contributed by atoms with E-state index in [0.717, 1.165) is 5.56 Å². The fourth-order valence-electron chi connectivity index (χ4n) is 2.34. The van der Waals surface area contributed by atoms with Crippen LogP contribution in [-0.4, -0.2) is 15.7 Å². The lowest BCUT2D eigenvalue weighted by Gasteiger charge is -2.00. The van der Waals surface area contributed by atoms with E-state index >= 15 is 0 Å². The van der Waals surface area contributed by atoms with Crippen molar-refractivity contribution in [1.82, 2.24) is 4.98 Å². The first kappa shape index (κ1) is 13.1. The van der Waals surface area contributed by atoms with Gasteiger partial charge in [-0.25, -0.2) is 0 Å². The standard InChI is InChI=1S/C16H12N2O3/c1-10-5-7-11(8-6-10)16(19)13-9-17-15-12(13)3-2-4-14(15)18(20)21/h2-9,17H,1H3. The van der Waals surface area contributed by atoms with Gasteiger partial charge in [0.2, 0.25) is 0 Å². The Hall–Kier alpha value is -2.95. The number of rotatable bonds is 3. The third-order valence-corrected chi connectivity index (χ3v) is 3.45. The molecule has 0 unspecified atom stereocenters. The van der Waals surface area contributed by atoms with E-state index in [1.165, 1.54) is 12.3 Å². The van der Waals surface area contributed by atoms with Gasteiger partial charge in [-0.15, -0.1) is 0 Å². The maximum atomic E-state index is 12.5. The minimum Gasteiger partial charge on any atom is -0.355 e. The predicted molar refractivity (Wildman–Crippen MR) is 79.6 cm³/mol. The summed E-state index contributed by atoms with van der Waals surface area (Å²) in [4.78, 5) is 25.9. The fourth-order valence-corrected chi connectivity index (χ4v) is 2.34. The highest BCUT2D eigenvalue weighted by Crippen LogP contribution is 2.28. The lowest BCUT2D eigenvalue weighted by atomic mass is 10.0. The predicted octanol–water partition coefficient (Wildman–Crippen LogP) is 3.62. The maximum absolute atomic E-state index is 12.5. The number of carbonyl (C=O) groups excluding carboxylic acids is 1. The number of ketones is 1. The third-order valence-electron chi connectivity index (χ3n) is 3.45. The number of aryl methyl sites for hydroxylation is 1. The molecule has 0 aliphatic heterocycles. The smallest absolute Gasteiger partial charge is 0.293 e. The molecule has 0 saturated carbocycles. The summed E-state index contributed by atoms with van der Waals surface area (Å²) in [6, 6.07) is 12.0. The molecular formula is C16H12N2O3. The molecule has 0 atom stereocenters. The quantitative estimate of drug-likeness (QED) is 0.452. The minimum absolute atomic E-state index is 0.0320. The highest BCUT2D eigenvalue weighted by atomic mass is 16.6. The van der Waals surface area contributed by atoms with Gasteiger partial charge in [0.25, 0.3) is 5.69 Å². The Morgan fingerprint density at radius 3 is 2.52 bits per heavy atom. The van der Waals surface area contributed by atoms with E-state index in [1.807, 2.05) is 19.1 Å². The second kappa shape index (κ2) is 4.86. The molecule has 21 heavy (non-hydrogen) atoms. The molecule has 0 saturated heterocycles. The van der Waals surface area contributed by atoms with Crippen LogP contribution in [0.4, 0.5) is 5.69 Å². The number of carbonyl (C=O) groups is 1. The number of nitro groups is 1. The summed E-state index contributed by atoms with van der Waals surface area (Å²) in [6.07, 6.45) is 1.53. The van der Waals surface area contributed by atoms with E-state index in [2.05, 4.69) is 4.98 Å². The number of fused-ring (bicyclic) bond motifs is 1. The molecular weight excluding hydrogens is 268 g/mol. The number of aromatic nitrogens is 1. The number of nitro benzene ring substituents is 1. The molecule has 1 aromatic heterocycles. The van der Waals surface area contributed by atoms with Crippen molar-refractivity contribution in [2.45, 2.75) is 6.92 Å². The van der Waals surface area contributed by atoms with Crippen molar-refractivity contribution in [3.8, 4) is 0 Å². The first-order valence-corrected chi connectivity index (χ1v) is 6.44. The number of nitrogens with one attached hydrogen (secondary N) is 1. The summed E-state index contributed by atoms with van der Waals surface area (Å²) in [5.74, 6) is -0.151. The van der Waals surface area contributed by atoms with Crippen LogP contribution in [0, 0.1) is 17.0 Å². The van der Waals surface area contributed by atoms with Crippen LogP contribution in [0.15, 0.2) is 48.7 Å². The van der Waals surface area contributed by atoms with Gasteiger partial charge in [0, 0.05) is 28.8 Å². The largest absolute Gasteiger partial charge is 0.355 e. The maximum Gasteiger partial charge on any atom is 0.293 e. The van der Waals surface area contributed by atoms with Crippen LogP contribution < -0.4 is 0 Å². The number of H-pyrrole nitrogens is 1. The van der Waals surface area contributed by atoms with Crippen LogP contribution in [0.25, 0.3) is 10.9 Å². The summed E-state index contributed by atoms with van der Waals surface area (Å²) in [5, 5.41) is 11.6. The Balaban J connectivity index is 2.13. The van der Waals surface area contributed by atoms with Crippen molar-refractivity contribution in [2.24, 2.45) is 0 Å². The number of hydrogen-bond acceptors (Lipinski definition) is 3. The molecule has 0 bridgehead atoms. The Kier molecular flexibility index (Phi) is 3.02. The Labute approximate surface area is 120 Å². The number of hydrogen-bond donors (Lipinski definition) is 1. The molecule has 2 aromatic carbocycles. The average molecular weight is 280 g/mol. The van der Waals surface area contributed by atoms with Gasteiger partial charge in [-0.3, -0.25) is 14.9 Å². The van der Waals surface area contributed by atoms with Crippen LogP contribution in [0.2, 0.25) is 0 Å². The highest BCUT2D eigenvalue weighted by molar-refractivity contribution is 6.17. The topological polar surface area (TPSA) is 76.0 Å². The molecule has 0 amide bonds. The molecule has 3 aromatic rings. The van der Waals surface area contributed by atoms with Crippen LogP contribution in [0.3, 0.4) is 0 Å². The summed E-state index contributed by atoms with van der Waals surface area (Å²) >= 11 is 0. The minimum atomic E-state index is -0.459. The van der Waals surface area contributed by atoms with E-state index in [-0.39, 0.29) is 11.5 Å². The molecule has 0 spiro atoms. The summed E-state index contributed by atoms with van der Waals surface area (Å²) in [5.41, 5.74) is 2.42. The fraction of sp³-hybridized carbons (Fsp3) is 0.0625. The van der Waals surface area contributed by atoms with Gasteiger partial charge in [-0.1, -0.05) is 42.0 Å². The molecule has 104 valence electrons. The van der Waals surface area contributed by atoms with Crippen LogP contribution >= 0.6 is 0 Å². The summed E-state index contributed by atoms with van der Waals surface area (Å²) in [6.45, 7) is 1.95. The molecule has 5 heteroatoms. The van der Waals surface area contributed by atoms with Crippen LogP contribution in [0.1, 0.15) is 21.5 Å². The van der Waals surface area contributed by atoms with Gasteiger partial charge in [0.15, 0.2) is 5.78 Å². The number of para-hydroxylation sites is 1. The molecule has 0 fully saturated rings. The van der Waals surface area contributed by atoms with Crippen molar-refractivity contribution < 1.29 is 9.72 Å². The van der Waals surface area contributed by atoms with Gasteiger partial charge in [0.1, 0.15) is 5.52 Å². The zero-order chi connectivity index (χ0) is 15.0.